The van der Waals surface area contributed by atoms with E-state index in [1.807, 2.05) is 30.3 Å². The number of aromatic nitrogens is 4. The van der Waals surface area contributed by atoms with Crippen LogP contribution in [0.25, 0.3) is 5.69 Å². The molecule has 0 atom stereocenters. The summed E-state index contributed by atoms with van der Waals surface area (Å²) in [6.45, 7) is 0. The fraction of sp³-hybridized carbons (Fsp3) is 0.125. The fourth-order valence-electron chi connectivity index (χ4n) is 2.19. The van der Waals surface area contributed by atoms with Crippen LogP contribution in [-0.4, -0.2) is 36.8 Å². The van der Waals surface area contributed by atoms with E-state index in [2.05, 4.69) is 20.8 Å². The molecule has 0 saturated carbocycles. The molecule has 0 saturated heterocycles. The number of hydrogen-bond donors (Lipinski definition) is 1. The van der Waals surface area contributed by atoms with Crippen LogP contribution in [0.5, 0.6) is 0 Å². The third-order valence-electron chi connectivity index (χ3n) is 3.38. The van der Waals surface area contributed by atoms with Crippen molar-refractivity contribution in [2.75, 3.05) is 11.1 Å². The van der Waals surface area contributed by atoms with Gasteiger partial charge in [0, 0.05) is 18.2 Å². The Balaban J connectivity index is 1.57. The number of para-hydroxylation sites is 3. The van der Waals surface area contributed by atoms with E-state index in [9.17, 15) is 14.9 Å². The first kappa shape index (κ1) is 17.5. The van der Waals surface area contributed by atoms with Crippen LogP contribution in [0.4, 0.5) is 11.4 Å². The number of nitrogens with one attached hydrogen (secondary N) is 1. The summed E-state index contributed by atoms with van der Waals surface area (Å²) in [5, 5.41) is 25.7. The molecule has 9 nitrogen and oxygen atoms in total. The minimum atomic E-state index is -0.529. The van der Waals surface area contributed by atoms with Gasteiger partial charge in [-0.15, -0.1) is 5.10 Å². The number of carbonyl (C=O) groups is 1. The molecule has 0 bridgehead atoms. The van der Waals surface area contributed by atoms with E-state index in [1.165, 1.54) is 23.9 Å². The quantitative estimate of drug-likeness (QED) is 0.386. The van der Waals surface area contributed by atoms with Crippen molar-refractivity contribution in [1.29, 1.82) is 0 Å². The maximum Gasteiger partial charge on any atom is 0.292 e. The molecule has 3 rings (SSSR count). The van der Waals surface area contributed by atoms with Gasteiger partial charge in [-0.05, 0) is 28.6 Å². The zero-order valence-electron chi connectivity index (χ0n) is 13.5. The number of anilines is 1. The average Bonchev–Trinajstić information content (AvgIpc) is 3.11. The Morgan fingerprint density at radius 2 is 1.88 bits per heavy atom. The van der Waals surface area contributed by atoms with Gasteiger partial charge in [0.1, 0.15) is 5.69 Å². The molecule has 2 aromatic carbocycles. The normalized spacial score (nSPS) is 10.5. The predicted molar refractivity (Wildman–Crippen MR) is 96.2 cm³/mol. The van der Waals surface area contributed by atoms with Gasteiger partial charge in [-0.2, -0.15) is 4.68 Å². The summed E-state index contributed by atoms with van der Waals surface area (Å²) in [7, 11) is 0. The van der Waals surface area contributed by atoms with Gasteiger partial charge in [0.2, 0.25) is 11.1 Å². The molecule has 1 aromatic heterocycles. The Morgan fingerprint density at radius 1 is 1.15 bits per heavy atom. The van der Waals surface area contributed by atoms with Crippen molar-refractivity contribution >= 4 is 29.0 Å². The molecule has 0 spiro atoms. The van der Waals surface area contributed by atoms with Crippen molar-refractivity contribution in [2.24, 2.45) is 0 Å². The lowest BCUT2D eigenvalue weighted by Crippen LogP contribution is -2.13. The first-order chi connectivity index (χ1) is 12.6. The van der Waals surface area contributed by atoms with Gasteiger partial charge >= 0.3 is 0 Å². The van der Waals surface area contributed by atoms with Gasteiger partial charge in [0.25, 0.3) is 5.69 Å². The monoisotopic (exact) mass is 370 g/mol. The third-order valence-corrected chi connectivity index (χ3v) is 4.30. The summed E-state index contributed by atoms with van der Waals surface area (Å²) in [4.78, 5) is 22.5. The van der Waals surface area contributed by atoms with Crippen molar-refractivity contribution in [3.8, 4) is 5.69 Å². The molecule has 0 radical (unpaired) electrons. The molecule has 1 heterocycles. The second-order valence-corrected chi connectivity index (χ2v) is 6.19. The van der Waals surface area contributed by atoms with Gasteiger partial charge in [-0.1, -0.05) is 42.1 Å². The zero-order valence-corrected chi connectivity index (χ0v) is 14.3. The van der Waals surface area contributed by atoms with Crippen LogP contribution in [0, 0.1) is 10.1 Å². The van der Waals surface area contributed by atoms with E-state index in [1.54, 1.807) is 16.8 Å². The van der Waals surface area contributed by atoms with Crippen molar-refractivity contribution < 1.29 is 9.72 Å². The Bertz CT molecular complexity index is 915. The number of tetrazole rings is 1. The van der Waals surface area contributed by atoms with Crippen LogP contribution in [0.15, 0.2) is 59.8 Å². The first-order valence-electron chi connectivity index (χ1n) is 7.65. The standard InChI is InChI=1S/C16H14N6O3S/c23-15(17-13-8-4-5-9-14(13)22(24)25)10-11-26-16-18-19-20-21(16)12-6-2-1-3-7-12/h1-9H,10-11H2,(H,17,23). The van der Waals surface area contributed by atoms with Gasteiger partial charge in [0.05, 0.1) is 10.6 Å². The molecular weight excluding hydrogens is 356 g/mol. The van der Waals surface area contributed by atoms with Crippen molar-refractivity contribution in [3.05, 3.63) is 64.7 Å². The number of carbonyl (C=O) groups excluding carboxylic acids is 1. The van der Waals surface area contributed by atoms with E-state index >= 15 is 0 Å². The molecule has 1 N–H and O–H groups in total. The summed E-state index contributed by atoms with van der Waals surface area (Å²) < 4.78 is 1.59. The Kier molecular flexibility index (Phi) is 5.54. The fourth-order valence-corrected chi connectivity index (χ4v) is 3.01. The Labute approximate surface area is 152 Å². The van der Waals surface area contributed by atoms with Crippen molar-refractivity contribution in [3.63, 3.8) is 0 Å². The van der Waals surface area contributed by atoms with Crippen LogP contribution in [0.3, 0.4) is 0 Å². The van der Waals surface area contributed by atoms with Gasteiger partial charge in [0.15, 0.2) is 0 Å². The molecule has 0 fully saturated rings. The van der Waals surface area contributed by atoms with E-state index in [-0.39, 0.29) is 23.7 Å². The largest absolute Gasteiger partial charge is 0.320 e. The maximum absolute atomic E-state index is 12.1. The molecule has 3 aromatic rings. The molecule has 0 unspecified atom stereocenters. The van der Waals surface area contributed by atoms with Gasteiger partial charge < -0.3 is 5.32 Å². The number of amides is 1. The second-order valence-electron chi connectivity index (χ2n) is 5.13. The average molecular weight is 370 g/mol. The molecule has 1 amide bonds. The minimum absolute atomic E-state index is 0.137. The lowest BCUT2D eigenvalue weighted by atomic mass is 10.2. The first-order valence-corrected chi connectivity index (χ1v) is 8.63. The van der Waals surface area contributed by atoms with Crippen LogP contribution in [0.1, 0.15) is 6.42 Å². The van der Waals surface area contributed by atoms with E-state index in [4.69, 9.17) is 0 Å². The highest BCUT2D eigenvalue weighted by atomic mass is 32.2. The smallest absolute Gasteiger partial charge is 0.292 e. The number of benzene rings is 2. The number of nitrogens with zero attached hydrogens (tertiary/aromatic N) is 5. The topological polar surface area (TPSA) is 116 Å². The van der Waals surface area contributed by atoms with Crippen LogP contribution >= 0.6 is 11.8 Å². The summed E-state index contributed by atoms with van der Waals surface area (Å²) >= 11 is 1.33. The summed E-state index contributed by atoms with van der Waals surface area (Å²) in [5.74, 6) is 0.116. The van der Waals surface area contributed by atoms with Gasteiger partial charge in [-0.3, -0.25) is 14.9 Å². The van der Waals surface area contributed by atoms with Crippen molar-refractivity contribution in [1.82, 2.24) is 20.2 Å². The lowest BCUT2D eigenvalue weighted by molar-refractivity contribution is -0.383. The second kappa shape index (κ2) is 8.21. The molecule has 0 aliphatic rings. The molecule has 10 heteroatoms. The van der Waals surface area contributed by atoms with Gasteiger partial charge in [-0.25, -0.2) is 0 Å². The Morgan fingerprint density at radius 3 is 2.65 bits per heavy atom. The number of nitro benzene ring substituents is 1. The molecule has 0 aliphatic carbocycles. The maximum atomic E-state index is 12.1. The molecule has 26 heavy (non-hydrogen) atoms. The Hall–Kier alpha value is -3.27. The number of thioether (sulfide) groups is 1. The number of hydrogen-bond acceptors (Lipinski definition) is 7. The van der Waals surface area contributed by atoms with E-state index in [0.717, 1.165) is 5.69 Å². The number of nitro groups is 1. The minimum Gasteiger partial charge on any atom is -0.320 e. The highest BCUT2D eigenvalue weighted by Crippen LogP contribution is 2.24. The van der Waals surface area contributed by atoms with E-state index in [0.29, 0.717) is 10.9 Å². The van der Waals surface area contributed by atoms with Crippen LogP contribution < -0.4 is 5.32 Å². The predicted octanol–water partition coefficient (Wildman–Crippen LogP) is 2.69. The zero-order chi connectivity index (χ0) is 18.4. The van der Waals surface area contributed by atoms with Crippen LogP contribution in [0.2, 0.25) is 0 Å². The highest BCUT2D eigenvalue weighted by molar-refractivity contribution is 7.99. The summed E-state index contributed by atoms with van der Waals surface area (Å²) in [6.07, 6.45) is 0.165. The highest BCUT2D eigenvalue weighted by Gasteiger charge is 2.15. The summed E-state index contributed by atoms with van der Waals surface area (Å²) in [5.41, 5.74) is 0.868. The molecule has 0 aliphatic heterocycles. The lowest BCUT2D eigenvalue weighted by Gasteiger charge is -2.06. The molecule has 132 valence electrons. The third kappa shape index (κ3) is 4.22. The van der Waals surface area contributed by atoms with Crippen LogP contribution in [-0.2, 0) is 4.79 Å². The summed E-state index contributed by atoms with van der Waals surface area (Å²) in [6, 6.07) is 15.4. The van der Waals surface area contributed by atoms with Crippen molar-refractivity contribution in [2.45, 2.75) is 11.6 Å². The molecular formula is C16H14N6O3S. The SMILES string of the molecule is O=C(CCSc1nnnn1-c1ccccc1)Nc1ccccc1[N+](=O)[O-]. The van der Waals surface area contributed by atoms with E-state index < -0.39 is 4.92 Å². The number of rotatable bonds is 7.